The van der Waals surface area contributed by atoms with Crippen LogP contribution in [0.2, 0.25) is 0 Å². The number of nitrogens with one attached hydrogen (secondary N) is 1. The zero-order valence-electron chi connectivity index (χ0n) is 11.3. The number of halogens is 1. The van der Waals surface area contributed by atoms with Gasteiger partial charge in [-0.25, -0.2) is 4.79 Å². The van der Waals surface area contributed by atoms with Crippen LogP contribution in [0, 0.1) is 13.8 Å². The van der Waals surface area contributed by atoms with Gasteiger partial charge in [0.05, 0.1) is 17.6 Å². The molecule has 5 heteroatoms. The quantitative estimate of drug-likeness (QED) is 0.914. The van der Waals surface area contributed by atoms with Crippen molar-refractivity contribution in [1.29, 1.82) is 0 Å². The van der Waals surface area contributed by atoms with Gasteiger partial charge in [-0.05, 0) is 40.9 Å². The molecule has 1 amide bonds. The number of ether oxygens (including phenoxy) is 1. The molecule has 1 heterocycles. The third kappa shape index (κ3) is 3.57. The Bertz CT molecular complexity index is 615. The molecule has 4 nitrogen and oxygen atoms in total. The smallest absolute Gasteiger partial charge is 0.412 e. The Hall–Kier alpha value is -1.88. The summed E-state index contributed by atoms with van der Waals surface area (Å²) in [6.45, 7) is 4.05. The van der Waals surface area contributed by atoms with Crippen molar-refractivity contribution in [1.82, 2.24) is 4.98 Å². The van der Waals surface area contributed by atoms with Gasteiger partial charge >= 0.3 is 6.09 Å². The molecule has 0 spiro atoms. The fourth-order valence-electron chi connectivity index (χ4n) is 1.70. The molecule has 0 saturated carbocycles. The zero-order valence-corrected chi connectivity index (χ0v) is 12.9. The van der Waals surface area contributed by atoms with Crippen molar-refractivity contribution in [3.63, 3.8) is 0 Å². The molecule has 0 unspecified atom stereocenters. The van der Waals surface area contributed by atoms with Gasteiger partial charge in [0.1, 0.15) is 6.61 Å². The first kappa shape index (κ1) is 14.5. The maximum atomic E-state index is 11.8. The number of benzene rings is 1. The largest absolute Gasteiger partial charge is 0.444 e. The Labute approximate surface area is 126 Å². The normalized spacial score (nSPS) is 10.2. The minimum absolute atomic E-state index is 0.242. The molecule has 0 bridgehead atoms. The van der Waals surface area contributed by atoms with Crippen LogP contribution >= 0.6 is 15.9 Å². The van der Waals surface area contributed by atoms with Crippen molar-refractivity contribution >= 4 is 27.7 Å². The van der Waals surface area contributed by atoms with Crippen LogP contribution in [0.4, 0.5) is 10.5 Å². The van der Waals surface area contributed by atoms with Gasteiger partial charge in [-0.15, -0.1) is 0 Å². The second-order valence-corrected chi connectivity index (χ2v) is 5.18. The minimum atomic E-state index is -0.491. The number of hydrogen-bond donors (Lipinski definition) is 1. The van der Waals surface area contributed by atoms with Crippen LogP contribution in [-0.2, 0) is 11.3 Å². The van der Waals surface area contributed by atoms with Crippen LogP contribution in [0.1, 0.15) is 16.8 Å². The second-order valence-electron chi connectivity index (χ2n) is 4.38. The van der Waals surface area contributed by atoms with Gasteiger partial charge in [0.25, 0.3) is 0 Å². The molecule has 0 saturated heterocycles. The molecule has 0 aliphatic heterocycles. The molecule has 2 aromatic rings. The van der Waals surface area contributed by atoms with Gasteiger partial charge in [-0.2, -0.15) is 0 Å². The maximum Gasteiger partial charge on any atom is 0.412 e. The lowest BCUT2D eigenvalue weighted by Crippen LogP contribution is -2.14. The predicted molar refractivity (Wildman–Crippen MR) is 81.7 cm³/mol. The van der Waals surface area contributed by atoms with Gasteiger partial charge in [-0.3, -0.25) is 10.3 Å². The molecule has 0 aliphatic rings. The van der Waals surface area contributed by atoms with Crippen molar-refractivity contribution in [3.05, 3.63) is 57.8 Å². The number of aryl methyl sites for hydroxylation is 1. The average molecular weight is 335 g/mol. The second kappa shape index (κ2) is 6.52. The molecular formula is C15H15BrN2O2. The molecule has 1 aromatic heterocycles. The highest BCUT2D eigenvalue weighted by atomic mass is 79.9. The Balaban J connectivity index is 1.97. The summed E-state index contributed by atoms with van der Waals surface area (Å²) in [6, 6.07) is 9.54. The Kier molecular flexibility index (Phi) is 4.74. The van der Waals surface area contributed by atoms with E-state index in [0.717, 1.165) is 21.3 Å². The molecule has 1 aromatic carbocycles. The Morgan fingerprint density at radius 1 is 1.30 bits per heavy atom. The Morgan fingerprint density at radius 2 is 2.00 bits per heavy atom. The maximum absolute atomic E-state index is 11.8. The average Bonchev–Trinajstić information content (AvgIpc) is 2.47. The van der Waals surface area contributed by atoms with Crippen LogP contribution in [0.25, 0.3) is 0 Å². The standard InChI is InChI=1S/C15H15BrN2O2/c1-10-13(8-17-11(2)14(10)16)18-15(19)20-9-12-6-4-3-5-7-12/h3-8H,9H2,1-2H3,(H,18,19). The molecule has 1 N–H and O–H groups in total. The molecule has 0 aliphatic carbocycles. The van der Waals surface area contributed by atoms with Crippen LogP contribution in [0.3, 0.4) is 0 Å². The number of rotatable bonds is 3. The van der Waals surface area contributed by atoms with Crippen molar-refractivity contribution < 1.29 is 9.53 Å². The molecule has 2 rings (SSSR count). The van der Waals surface area contributed by atoms with Crippen LogP contribution in [0.5, 0.6) is 0 Å². The predicted octanol–water partition coefficient (Wildman–Crippen LogP) is 4.21. The van der Waals surface area contributed by atoms with Crippen molar-refractivity contribution in [2.75, 3.05) is 5.32 Å². The van der Waals surface area contributed by atoms with E-state index in [1.807, 2.05) is 44.2 Å². The van der Waals surface area contributed by atoms with Crippen molar-refractivity contribution in [2.45, 2.75) is 20.5 Å². The first-order valence-corrected chi connectivity index (χ1v) is 6.96. The summed E-state index contributed by atoms with van der Waals surface area (Å²) in [7, 11) is 0. The summed E-state index contributed by atoms with van der Waals surface area (Å²) in [5.41, 5.74) is 3.39. The van der Waals surface area contributed by atoms with Crippen LogP contribution in [-0.4, -0.2) is 11.1 Å². The van der Waals surface area contributed by atoms with E-state index in [1.165, 1.54) is 0 Å². The number of amides is 1. The molecule has 0 radical (unpaired) electrons. The molecule has 0 atom stereocenters. The van der Waals surface area contributed by atoms with E-state index in [9.17, 15) is 4.79 Å². The zero-order chi connectivity index (χ0) is 14.5. The number of anilines is 1. The highest BCUT2D eigenvalue weighted by molar-refractivity contribution is 9.10. The molecule has 0 fully saturated rings. The lowest BCUT2D eigenvalue weighted by molar-refractivity contribution is 0.155. The lowest BCUT2D eigenvalue weighted by atomic mass is 10.2. The third-order valence-electron chi connectivity index (χ3n) is 2.89. The van der Waals surface area contributed by atoms with E-state index in [0.29, 0.717) is 5.69 Å². The van der Waals surface area contributed by atoms with Gasteiger partial charge < -0.3 is 4.74 Å². The number of carbonyl (C=O) groups is 1. The molecule has 104 valence electrons. The van der Waals surface area contributed by atoms with Gasteiger partial charge in [0.2, 0.25) is 0 Å². The monoisotopic (exact) mass is 334 g/mol. The number of hydrogen-bond acceptors (Lipinski definition) is 3. The highest BCUT2D eigenvalue weighted by Gasteiger charge is 2.10. The van der Waals surface area contributed by atoms with E-state index in [2.05, 4.69) is 26.2 Å². The van der Waals surface area contributed by atoms with E-state index in [1.54, 1.807) is 6.20 Å². The van der Waals surface area contributed by atoms with E-state index >= 15 is 0 Å². The number of aromatic nitrogens is 1. The summed E-state index contributed by atoms with van der Waals surface area (Å²) < 4.78 is 6.05. The van der Waals surface area contributed by atoms with E-state index < -0.39 is 6.09 Å². The SMILES string of the molecule is Cc1ncc(NC(=O)OCc2ccccc2)c(C)c1Br. The number of nitrogens with zero attached hydrogens (tertiary/aromatic N) is 1. The number of pyridine rings is 1. The molecule has 20 heavy (non-hydrogen) atoms. The third-order valence-corrected chi connectivity index (χ3v) is 4.06. The summed E-state index contributed by atoms with van der Waals surface area (Å²) >= 11 is 3.44. The van der Waals surface area contributed by atoms with E-state index in [-0.39, 0.29) is 6.61 Å². The molecular weight excluding hydrogens is 320 g/mol. The topological polar surface area (TPSA) is 51.2 Å². The van der Waals surface area contributed by atoms with Crippen molar-refractivity contribution in [3.8, 4) is 0 Å². The van der Waals surface area contributed by atoms with Gasteiger partial charge in [-0.1, -0.05) is 30.3 Å². The van der Waals surface area contributed by atoms with Crippen molar-refractivity contribution in [2.24, 2.45) is 0 Å². The van der Waals surface area contributed by atoms with E-state index in [4.69, 9.17) is 4.74 Å². The van der Waals surface area contributed by atoms with Crippen LogP contribution < -0.4 is 5.32 Å². The van der Waals surface area contributed by atoms with Gasteiger partial charge in [0.15, 0.2) is 0 Å². The van der Waals surface area contributed by atoms with Gasteiger partial charge in [0, 0.05) is 4.47 Å². The minimum Gasteiger partial charge on any atom is -0.444 e. The first-order chi connectivity index (χ1) is 9.58. The van der Waals surface area contributed by atoms with Crippen LogP contribution in [0.15, 0.2) is 41.0 Å². The summed E-state index contributed by atoms with van der Waals surface area (Å²) in [6.07, 6.45) is 1.13. The lowest BCUT2D eigenvalue weighted by Gasteiger charge is -2.11. The summed E-state index contributed by atoms with van der Waals surface area (Å²) in [5, 5.41) is 2.69. The number of carbonyl (C=O) groups excluding carboxylic acids is 1. The highest BCUT2D eigenvalue weighted by Crippen LogP contribution is 2.25. The fourth-order valence-corrected chi connectivity index (χ4v) is 2.02. The summed E-state index contributed by atoms with van der Waals surface area (Å²) in [4.78, 5) is 16.0. The fraction of sp³-hybridized carbons (Fsp3) is 0.200. The first-order valence-electron chi connectivity index (χ1n) is 6.17. The Morgan fingerprint density at radius 3 is 2.70 bits per heavy atom. The summed E-state index contributed by atoms with van der Waals surface area (Å²) in [5.74, 6) is 0.